The second-order valence-electron chi connectivity index (χ2n) is 6.34. The quantitative estimate of drug-likeness (QED) is 0.864. The predicted octanol–water partition coefficient (Wildman–Crippen LogP) is 2.07. The molecule has 1 aromatic rings. The maximum absolute atomic E-state index is 11.7. The number of ether oxygens (including phenoxy) is 1. The molecular weight excluding hydrogens is 292 g/mol. The van der Waals surface area contributed by atoms with E-state index in [0.717, 1.165) is 19.6 Å². The fraction of sp³-hybridized carbons (Fsp3) is 0.556. The minimum absolute atomic E-state index is 0.219. The highest BCUT2D eigenvalue weighted by Crippen LogP contribution is 2.29. The third-order valence-corrected chi connectivity index (χ3v) is 4.85. The summed E-state index contributed by atoms with van der Waals surface area (Å²) < 4.78 is 5.72. The molecule has 124 valence electrons. The molecule has 0 bridgehead atoms. The van der Waals surface area contributed by atoms with Crippen LogP contribution in [0.1, 0.15) is 44.1 Å². The van der Waals surface area contributed by atoms with E-state index in [2.05, 4.69) is 29.3 Å². The maximum atomic E-state index is 11.7. The van der Waals surface area contributed by atoms with Gasteiger partial charge < -0.3 is 9.64 Å². The van der Waals surface area contributed by atoms with Gasteiger partial charge in [-0.1, -0.05) is 19.1 Å². The van der Waals surface area contributed by atoms with Crippen LogP contribution in [0.5, 0.6) is 5.75 Å². The smallest absolute Gasteiger partial charge is 0.267 e. The van der Waals surface area contributed by atoms with Crippen molar-refractivity contribution < 1.29 is 14.3 Å². The molecule has 1 N–H and O–H groups in total. The van der Waals surface area contributed by atoms with Crippen LogP contribution in [-0.2, 0) is 9.59 Å². The lowest BCUT2D eigenvalue weighted by Crippen LogP contribution is -2.46. The molecule has 2 amide bonds. The average molecular weight is 316 g/mol. The third kappa shape index (κ3) is 3.91. The molecule has 2 aliphatic rings. The van der Waals surface area contributed by atoms with Crippen LogP contribution in [0, 0.1) is 0 Å². The molecule has 0 spiro atoms. The topological polar surface area (TPSA) is 58.6 Å². The van der Waals surface area contributed by atoms with Gasteiger partial charge in [-0.3, -0.25) is 14.9 Å². The minimum atomic E-state index is -0.564. The van der Waals surface area contributed by atoms with Gasteiger partial charge in [0, 0.05) is 12.8 Å². The lowest BCUT2D eigenvalue weighted by Gasteiger charge is -2.31. The van der Waals surface area contributed by atoms with Crippen molar-refractivity contribution in [2.75, 3.05) is 19.6 Å². The molecule has 2 heterocycles. The lowest BCUT2D eigenvalue weighted by atomic mass is 9.89. The number of hydrogen-bond acceptors (Lipinski definition) is 4. The molecule has 5 nitrogen and oxygen atoms in total. The number of nitrogens with one attached hydrogen (secondary N) is 1. The molecule has 3 rings (SSSR count). The Balaban J connectivity index is 1.57. The summed E-state index contributed by atoms with van der Waals surface area (Å²) in [4.78, 5) is 25.3. The standard InChI is InChI=1S/C18H24N2O3/c1-2-20-11-9-14(10-12-20)13-3-5-15(6-4-13)23-16-7-8-17(21)19-18(16)22/h3-6,14,16H,2,7-12H2,1H3,(H,19,21,22). The molecule has 1 aromatic carbocycles. The van der Waals surface area contributed by atoms with Gasteiger partial charge in [0.15, 0.2) is 6.10 Å². The number of amides is 2. The summed E-state index contributed by atoms with van der Waals surface area (Å²) in [6.07, 6.45) is 2.61. The lowest BCUT2D eigenvalue weighted by molar-refractivity contribution is -0.138. The van der Waals surface area contributed by atoms with Crippen LogP contribution in [0.4, 0.5) is 0 Å². The van der Waals surface area contributed by atoms with Crippen LogP contribution in [0.15, 0.2) is 24.3 Å². The van der Waals surface area contributed by atoms with Crippen LogP contribution in [0.2, 0.25) is 0 Å². The first-order valence-corrected chi connectivity index (χ1v) is 8.48. The van der Waals surface area contributed by atoms with Crippen molar-refractivity contribution in [1.29, 1.82) is 0 Å². The SMILES string of the molecule is CCN1CCC(c2ccc(OC3CCC(=O)NC3=O)cc2)CC1. The molecule has 0 radical (unpaired) electrons. The van der Waals surface area contributed by atoms with E-state index in [4.69, 9.17) is 4.74 Å². The summed E-state index contributed by atoms with van der Waals surface area (Å²) in [6, 6.07) is 8.08. The fourth-order valence-corrected chi connectivity index (χ4v) is 3.35. The first-order chi connectivity index (χ1) is 11.2. The molecule has 0 aromatic heterocycles. The van der Waals surface area contributed by atoms with Gasteiger partial charge in [-0.15, -0.1) is 0 Å². The summed E-state index contributed by atoms with van der Waals surface area (Å²) >= 11 is 0. The molecule has 2 saturated heterocycles. The van der Waals surface area contributed by atoms with E-state index >= 15 is 0 Å². The number of benzene rings is 1. The van der Waals surface area contributed by atoms with Crippen LogP contribution in [0.25, 0.3) is 0 Å². The van der Waals surface area contributed by atoms with Crippen molar-refractivity contribution >= 4 is 11.8 Å². The van der Waals surface area contributed by atoms with Crippen LogP contribution in [-0.4, -0.2) is 42.5 Å². The predicted molar refractivity (Wildman–Crippen MR) is 87.3 cm³/mol. The number of likely N-dealkylation sites (tertiary alicyclic amines) is 1. The molecule has 5 heteroatoms. The van der Waals surface area contributed by atoms with E-state index in [-0.39, 0.29) is 11.8 Å². The zero-order valence-electron chi connectivity index (χ0n) is 13.6. The fourth-order valence-electron chi connectivity index (χ4n) is 3.35. The van der Waals surface area contributed by atoms with E-state index in [0.29, 0.717) is 24.5 Å². The number of imide groups is 1. The monoisotopic (exact) mass is 316 g/mol. The third-order valence-electron chi connectivity index (χ3n) is 4.85. The first-order valence-electron chi connectivity index (χ1n) is 8.48. The zero-order valence-corrected chi connectivity index (χ0v) is 13.6. The van der Waals surface area contributed by atoms with Crippen molar-refractivity contribution in [2.24, 2.45) is 0 Å². The Kier molecular flexibility index (Phi) is 4.96. The minimum Gasteiger partial charge on any atom is -0.481 e. The largest absolute Gasteiger partial charge is 0.481 e. The number of rotatable bonds is 4. The molecule has 23 heavy (non-hydrogen) atoms. The van der Waals surface area contributed by atoms with Gasteiger partial charge in [0.25, 0.3) is 5.91 Å². The van der Waals surface area contributed by atoms with Crippen molar-refractivity contribution in [2.45, 2.75) is 44.6 Å². The Morgan fingerprint density at radius 2 is 1.83 bits per heavy atom. The Hall–Kier alpha value is -1.88. The zero-order chi connectivity index (χ0) is 16.2. The summed E-state index contributed by atoms with van der Waals surface area (Å²) in [5, 5.41) is 2.31. The second-order valence-corrected chi connectivity index (χ2v) is 6.34. The first kappa shape index (κ1) is 16.0. The Morgan fingerprint density at radius 1 is 1.13 bits per heavy atom. The Labute approximate surface area is 137 Å². The summed E-state index contributed by atoms with van der Waals surface area (Å²) in [5.41, 5.74) is 1.34. The number of hydrogen-bond donors (Lipinski definition) is 1. The van der Waals surface area contributed by atoms with Crippen molar-refractivity contribution in [3.63, 3.8) is 0 Å². The normalized spacial score (nSPS) is 23.6. The summed E-state index contributed by atoms with van der Waals surface area (Å²) in [6.45, 7) is 5.66. The van der Waals surface area contributed by atoms with Crippen molar-refractivity contribution in [3.05, 3.63) is 29.8 Å². The van der Waals surface area contributed by atoms with E-state index in [9.17, 15) is 9.59 Å². The molecule has 0 aliphatic carbocycles. The summed E-state index contributed by atoms with van der Waals surface area (Å²) in [7, 11) is 0. The molecule has 1 atom stereocenters. The number of carbonyl (C=O) groups excluding carboxylic acids is 2. The Morgan fingerprint density at radius 3 is 2.43 bits per heavy atom. The van der Waals surface area contributed by atoms with Gasteiger partial charge in [-0.25, -0.2) is 0 Å². The van der Waals surface area contributed by atoms with Crippen molar-refractivity contribution in [3.8, 4) is 5.75 Å². The van der Waals surface area contributed by atoms with E-state index < -0.39 is 6.10 Å². The molecule has 0 saturated carbocycles. The van der Waals surface area contributed by atoms with Crippen LogP contribution in [0.3, 0.4) is 0 Å². The second kappa shape index (κ2) is 7.13. The molecular formula is C18H24N2O3. The average Bonchev–Trinajstić information content (AvgIpc) is 2.58. The van der Waals surface area contributed by atoms with Gasteiger partial charge >= 0.3 is 0 Å². The van der Waals surface area contributed by atoms with Gasteiger partial charge in [0.2, 0.25) is 5.91 Å². The van der Waals surface area contributed by atoms with Gasteiger partial charge in [0.05, 0.1) is 0 Å². The maximum Gasteiger partial charge on any atom is 0.267 e. The van der Waals surface area contributed by atoms with E-state index in [1.54, 1.807) is 0 Å². The van der Waals surface area contributed by atoms with Gasteiger partial charge in [-0.05, 0) is 56.1 Å². The van der Waals surface area contributed by atoms with E-state index in [1.807, 2.05) is 12.1 Å². The highest BCUT2D eigenvalue weighted by Gasteiger charge is 2.28. The molecule has 1 unspecified atom stereocenters. The van der Waals surface area contributed by atoms with Gasteiger partial charge in [0.1, 0.15) is 5.75 Å². The molecule has 2 aliphatic heterocycles. The Bertz CT molecular complexity index is 562. The highest BCUT2D eigenvalue weighted by molar-refractivity contribution is 5.99. The van der Waals surface area contributed by atoms with Gasteiger partial charge in [-0.2, -0.15) is 0 Å². The number of piperidine rings is 2. The van der Waals surface area contributed by atoms with Crippen molar-refractivity contribution in [1.82, 2.24) is 10.2 Å². The van der Waals surface area contributed by atoms with Crippen LogP contribution < -0.4 is 10.1 Å². The number of carbonyl (C=O) groups is 2. The van der Waals surface area contributed by atoms with E-state index in [1.165, 1.54) is 18.4 Å². The summed E-state index contributed by atoms with van der Waals surface area (Å²) in [5.74, 6) is 0.748. The molecule has 2 fully saturated rings. The number of nitrogens with zero attached hydrogens (tertiary/aromatic N) is 1. The van der Waals surface area contributed by atoms with Crippen LogP contribution >= 0.6 is 0 Å². The highest BCUT2D eigenvalue weighted by atomic mass is 16.5.